The van der Waals surface area contributed by atoms with Crippen molar-refractivity contribution in [2.75, 3.05) is 0 Å². The molecule has 0 fully saturated rings. The van der Waals surface area contributed by atoms with Crippen molar-refractivity contribution in [2.24, 2.45) is 0 Å². The summed E-state index contributed by atoms with van der Waals surface area (Å²) >= 11 is 12.4. The predicted molar refractivity (Wildman–Crippen MR) is 78.1 cm³/mol. The van der Waals surface area contributed by atoms with Crippen molar-refractivity contribution in [1.82, 2.24) is 0 Å². The maximum absolute atomic E-state index is 11.2. The maximum atomic E-state index is 11.2. The average Bonchev–Trinajstić information content (AvgIpc) is 2.42. The van der Waals surface area contributed by atoms with Crippen molar-refractivity contribution in [3.63, 3.8) is 0 Å². The highest BCUT2D eigenvalue weighted by atomic mass is 35.5. The molecular weight excluding hydrogens is 303 g/mol. The van der Waals surface area contributed by atoms with Gasteiger partial charge in [0.25, 0.3) is 0 Å². The molecule has 2 aromatic carbocycles. The van der Waals surface area contributed by atoms with Crippen LogP contribution in [0.5, 0.6) is 5.75 Å². The number of esters is 1. The molecule has 2 nitrogen and oxygen atoms in total. The number of ether oxygens (including phenoxy) is 1. The van der Waals surface area contributed by atoms with Crippen molar-refractivity contribution in [1.29, 1.82) is 0 Å². The van der Waals surface area contributed by atoms with Gasteiger partial charge in [-0.2, -0.15) is 0 Å². The molecule has 0 saturated carbocycles. The molecule has 0 saturated heterocycles. The van der Waals surface area contributed by atoms with E-state index in [0.717, 1.165) is 9.79 Å². The predicted octanol–water partition coefficient (Wildman–Crippen LogP) is 4.55. The highest BCUT2D eigenvalue weighted by molar-refractivity contribution is 7.99. The Morgan fingerprint density at radius 3 is 2.11 bits per heavy atom. The zero-order valence-corrected chi connectivity index (χ0v) is 12.1. The SMILES string of the molecule is O=C(Oc1ccc(Sc2ccccc2)cc1)C(Cl)Cl. The number of hydrogen-bond donors (Lipinski definition) is 0. The highest BCUT2D eigenvalue weighted by Crippen LogP contribution is 2.28. The molecule has 0 aromatic heterocycles. The van der Waals surface area contributed by atoms with Crippen molar-refractivity contribution < 1.29 is 9.53 Å². The first-order valence-electron chi connectivity index (χ1n) is 5.48. The monoisotopic (exact) mass is 312 g/mol. The Kier molecular flexibility index (Phi) is 5.14. The van der Waals surface area contributed by atoms with Gasteiger partial charge in [0.2, 0.25) is 4.84 Å². The van der Waals surface area contributed by atoms with E-state index in [1.807, 2.05) is 42.5 Å². The van der Waals surface area contributed by atoms with Gasteiger partial charge in [-0.3, -0.25) is 0 Å². The number of rotatable bonds is 4. The molecule has 0 aliphatic carbocycles. The van der Waals surface area contributed by atoms with Gasteiger partial charge in [-0.05, 0) is 36.4 Å². The number of hydrogen-bond acceptors (Lipinski definition) is 3. The van der Waals surface area contributed by atoms with Gasteiger partial charge in [-0.25, -0.2) is 4.79 Å². The maximum Gasteiger partial charge on any atom is 0.344 e. The minimum Gasteiger partial charge on any atom is -0.425 e. The fourth-order valence-corrected chi connectivity index (χ4v) is 2.29. The number of halogens is 2. The van der Waals surface area contributed by atoms with Gasteiger partial charge in [0.15, 0.2) is 0 Å². The van der Waals surface area contributed by atoms with Gasteiger partial charge in [0.1, 0.15) is 5.75 Å². The summed E-state index contributed by atoms with van der Waals surface area (Å²) in [6, 6.07) is 17.2. The highest BCUT2D eigenvalue weighted by Gasteiger charge is 2.13. The molecule has 0 atom stereocenters. The third-order valence-electron chi connectivity index (χ3n) is 2.20. The Morgan fingerprint density at radius 1 is 0.947 bits per heavy atom. The minimum atomic E-state index is -1.17. The van der Waals surface area contributed by atoms with Crippen molar-refractivity contribution in [3.05, 3.63) is 54.6 Å². The van der Waals surface area contributed by atoms with E-state index in [4.69, 9.17) is 27.9 Å². The van der Waals surface area contributed by atoms with E-state index in [9.17, 15) is 4.79 Å². The van der Waals surface area contributed by atoms with E-state index in [2.05, 4.69) is 0 Å². The number of carbonyl (C=O) groups is 1. The fraction of sp³-hybridized carbons (Fsp3) is 0.0714. The normalized spacial score (nSPS) is 10.5. The zero-order valence-electron chi connectivity index (χ0n) is 9.75. The summed E-state index contributed by atoms with van der Waals surface area (Å²) < 4.78 is 4.97. The van der Waals surface area contributed by atoms with E-state index >= 15 is 0 Å². The van der Waals surface area contributed by atoms with Crippen LogP contribution in [0.3, 0.4) is 0 Å². The summed E-state index contributed by atoms with van der Waals surface area (Å²) in [6.07, 6.45) is 0. The molecule has 0 aliphatic heterocycles. The molecule has 0 unspecified atom stereocenters. The second kappa shape index (κ2) is 6.85. The van der Waals surface area contributed by atoms with Crippen LogP contribution in [0.2, 0.25) is 0 Å². The van der Waals surface area contributed by atoms with Crippen LogP contribution < -0.4 is 4.74 Å². The van der Waals surface area contributed by atoms with Crippen molar-refractivity contribution >= 4 is 40.9 Å². The molecule has 0 spiro atoms. The molecule has 98 valence electrons. The molecule has 0 aliphatic rings. The first kappa shape index (κ1) is 14.3. The lowest BCUT2D eigenvalue weighted by Gasteiger charge is -2.06. The Labute approximate surface area is 125 Å². The Morgan fingerprint density at radius 2 is 1.53 bits per heavy atom. The summed E-state index contributed by atoms with van der Waals surface area (Å²) in [5.41, 5.74) is 0. The topological polar surface area (TPSA) is 26.3 Å². The van der Waals surface area contributed by atoms with E-state index < -0.39 is 10.8 Å². The summed E-state index contributed by atoms with van der Waals surface area (Å²) in [4.78, 5) is 12.2. The summed E-state index contributed by atoms with van der Waals surface area (Å²) in [5.74, 6) is -0.250. The molecule has 0 heterocycles. The molecule has 0 N–H and O–H groups in total. The van der Waals surface area contributed by atoms with Crippen LogP contribution in [0.25, 0.3) is 0 Å². The van der Waals surface area contributed by atoms with Crippen LogP contribution in [0.15, 0.2) is 64.4 Å². The van der Waals surface area contributed by atoms with Crippen LogP contribution in [0.1, 0.15) is 0 Å². The van der Waals surface area contributed by atoms with E-state index in [-0.39, 0.29) is 0 Å². The number of carbonyl (C=O) groups excluding carboxylic acids is 1. The van der Waals surface area contributed by atoms with E-state index in [0.29, 0.717) is 5.75 Å². The Hall–Kier alpha value is -1.16. The van der Waals surface area contributed by atoms with Gasteiger partial charge >= 0.3 is 5.97 Å². The van der Waals surface area contributed by atoms with E-state index in [1.165, 1.54) is 0 Å². The standard InChI is InChI=1S/C14H10Cl2O2S/c15-13(16)14(17)18-10-6-8-12(9-7-10)19-11-4-2-1-3-5-11/h1-9,13H. The summed E-state index contributed by atoms with van der Waals surface area (Å²) in [7, 11) is 0. The smallest absolute Gasteiger partial charge is 0.344 e. The summed E-state index contributed by atoms with van der Waals surface area (Å²) in [5, 5.41) is 0. The number of benzene rings is 2. The average molecular weight is 313 g/mol. The second-order valence-electron chi connectivity index (χ2n) is 3.61. The quantitative estimate of drug-likeness (QED) is 0.471. The Bertz CT molecular complexity index is 541. The van der Waals surface area contributed by atoms with Crippen molar-refractivity contribution in [2.45, 2.75) is 14.6 Å². The molecule has 0 amide bonds. The zero-order chi connectivity index (χ0) is 13.7. The largest absolute Gasteiger partial charge is 0.425 e. The van der Waals surface area contributed by atoms with Gasteiger partial charge in [0.05, 0.1) is 0 Å². The van der Waals surface area contributed by atoms with Crippen LogP contribution in [0, 0.1) is 0 Å². The van der Waals surface area contributed by atoms with Crippen LogP contribution in [-0.4, -0.2) is 10.8 Å². The lowest BCUT2D eigenvalue weighted by molar-refractivity contribution is -0.132. The lowest BCUT2D eigenvalue weighted by Crippen LogP contribution is -2.15. The lowest BCUT2D eigenvalue weighted by atomic mass is 10.3. The molecular formula is C14H10Cl2O2S. The van der Waals surface area contributed by atoms with Crippen LogP contribution in [-0.2, 0) is 4.79 Å². The van der Waals surface area contributed by atoms with E-state index in [1.54, 1.807) is 23.9 Å². The second-order valence-corrected chi connectivity index (χ2v) is 5.85. The third kappa shape index (κ3) is 4.46. The molecule has 5 heteroatoms. The summed E-state index contributed by atoms with van der Waals surface area (Å²) in [6.45, 7) is 0. The first-order valence-corrected chi connectivity index (χ1v) is 7.17. The Balaban J connectivity index is 2.01. The van der Waals surface area contributed by atoms with Gasteiger partial charge < -0.3 is 4.74 Å². The molecule has 0 radical (unpaired) electrons. The van der Waals surface area contributed by atoms with Crippen LogP contribution in [0.4, 0.5) is 0 Å². The van der Waals surface area contributed by atoms with Gasteiger partial charge in [0, 0.05) is 9.79 Å². The molecule has 0 bridgehead atoms. The van der Waals surface area contributed by atoms with Gasteiger partial charge in [-0.1, -0.05) is 53.2 Å². The van der Waals surface area contributed by atoms with Crippen molar-refractivity contribution in [3.8, 4) is 5.75 Å². The van der Waals surface area contributed by atoms with Crippen LogP contribution >= 0.6 is 35.0 Å². The number of alkyl halides is 2. The first-order chi connectivity index (χ1) is 9.15. The molecule has 2 aromatic rings. The fourth-order valence-electron chi connectivity index (χ4n) is 1.36. The minimum absolute atomic E-state index is 0.425. The molecule has 19 heavy (non-hydrogen) atoms. The van der Waals surface area contributed by atoms with Gasteiger partial charge in [-0.15, -0.1) is 0 Å². The third-order valence-corrected chi connectivity index (χ3v) is 3.57. The molecule has 2 rings (SSSR count).